The third kappa shape index (κ3) is 4.10. The first-order valence-electron chi connectivity index (χ1n) is 7.49. The smallest absolute Gasteiger partial charge is 0.358 e. The van der Waals surface area contributed by atoms with Crippen molar-refractivity contribution in [1.29, 1.82) is 0 Å². The quantitative estimate of drug-likeness (QED) is 0.704. The predicted octanol–water partition coefficient (Wildman–Crippen LogP) is 3.29. The van der Waals surface area contributed by atoms with Gasteiger partial charge in [-0.25, -0.2) is 9.78 Å². The molecule has 7 nitrogen and oxygen atoms in total. The zero-order valence-electron chi connectivity index (χ0n) is 13.6. The van der Waals surface area contributed by atoms with Crippen molar-refractivity contribution in [3.8, 4) is 10.6 Å². The second kappa shape index (κ2) is 7.27. The number of aryl methyl sites for hydroxylation is 1. The maximum atomic E-state index is 12.2. The van der Waals surface area contributed by atoms with Crippen LogP contribution in [0.25, 0.3) is 10.6 Å². The molecule has 0 aliphatic rings. The van der Waals surface area contributed by atoms with Crippen molar-refractivity contribution in [3.63, 3.8) is 0 Å². The molecule has 2 aromatic heterocycles. The first kappa shape index (κ1) is 16.8. The molecular weight excluding hydrogens is 342 g/mol. The number of benzene rings is 1. The molecule has 3 aromatic rings. The van der Waals surface area contributed by atoms with E-state index in [1.807, 2.05) is 30.3 Å². The van der Waals surface area contributed by atoms with Gasteiger partial charge in [-0.3, -0.25) is 4.79 Å². The van der Waals surface area contributed by atoms with Gasteiger partial charge in [0.2, 0.25) is 0 Å². The standard InChI is InChI=1S/C17H15N3O4S/c1-10-8-14(20-24-10)19-15(21)11(2)23-17(22)13-9-25-16(18-13)12-6-4-3-5-7-12/h3-9,11H,1-2H3,(H,19,20,21)/t11-/m0/s1. The van der Waals surface area contributed by atoms with E-state index in [0.717, 1.165) is 5.56 Å². The molecule has 0 spiro atoms. The Hall–Kier alpha value is -3.00. The van der Waals surface area contributed by atoms with Crippen molar-refractivity contribution >= 4 is 29.0 Å². The molecule has 0 radical (unpaired) electrons. The number of hydrogen-bond acceptors (Lipinski definition) is 7. The van der Waals surface area contributed by atoms with Crippen molar-refractivity contribution in [3.05, 3.63) is 53.2 Å². The Bertz CT molecular complexity index is 888. The minimum absolute atomic E-state index is 0.167. The third-order valence-corrected chi connectivity index (χ3v) is 4.16. The summed E-state index contributed by atoms with van der Waals surface area (Å²) in [4.78, 5) is 28.5. The number of ether oxygens (including phenoxy) is 1. The van der Waals surface area contributed by atoms with Gasteiger partial charge >= 0.3 is 5.97 Å². The topological polar surface area (TPSA) is 94.3 Å². The number of amides is 1. The van der Waals surface area contributed by atoms with Crippen molar-refractivity contribution in [1.82, 2.24) is 10.1 Å². The van der Waals surface area contributed by atoms with Gasteiger partial charge in [0.05, 0.1) is 0 Å². The Morgan fingerprint density at radius 3 is 2.72 bits per heavy atom. The molecule has 128 valence electrons. The first-order chi connectivity index (χ1) is 12.0. The monoisotopic (exact) mass is 357 g/mol. The Labute approximate surface area is 147 Å². The summed E-state index contributed by atoms with van der Waals surface area (Å²) >= 11 is 1.34. The van der Waals surface area contributed by atoms with Crippen LogP contribution in [0.1, 0.15) is 23.2 Å². The van der Waals surface area contributed by atoms with E-state index < -0.39 is 18.0 Å². The predicted molar refractivity (Wildman–Crippen MR) is 92.3 cm³/mol. The lowest BCUT2D eigenvalue weighted by molar-refractivity contribution is -0.123. The van der Waals surface area contributed by atoms with Gasteiger partial charge in [0.25, 0.3) is 5.91 Å². The molecule has 0 saturated heterocycles. The zero-order valence-corrected chi connectivity index (χ0v) is 14.4. The third-order valence-electron chi connectivity index (χ3n) is 3.27. The van der Waals surface area contributed by atoms with E-state index in [4.69, 9.17) is 9.26 Å². The normalized spacial score (nSPS) is 11.8. The highest BCUT2D eigenvalue weighted by molar-refractivity contribution is 7.13. The number of nitrogens with zero attached hydrogens (tertiary/aromatic N) is 2. The molecule has 1 atom stereocenters. The van der Waals surface area contributed by atoms with Gasteiger partial charge in [0.15, 0.2) is 17.6 Å². The molecule has 25 heavy (non-hydrogen) atoms. The highest BCUT2D eigenvalue weighted by Gasteiger charge is 2.22. The number of thiazole rings is 1. The van der Waals surface area contributed by atoms with Crippen molar-refractivity contribution in [2.75, 3.05) is 5.32 Å². The average molecular weight is 357 g/mol. The highest BCUT2D eigenvalue weighted by Crippen LogP contribution is 2.23. The van der Waals surface area contributed by atoms with E-state index in [0.29, 0.717) is 10.8 Å². The number of carbonyl (C=O) groups excluding carboxylic acids is 2. The van der Waals surface area contributed by atoms with Gasteiger partial charge in [0, 0.05) is 17.0 Å². The average Bonchev–Trinajstić information content (AvgIpc) is 3.25. The van der Waals surface area contributed by atoms with Crippen LogP contribution in [0.3, 0.4) is 0 Å². The van der Waals surface area contributed by atoms with Crippen LogP contribution >= 0.6 is 11.3 Å². The summed E-state index contributed by atoms with van der Waals surface area (Å²) in [5.41, 5.74) is 1.08. The Balaban J connectivity index is 1.62. The number of anilines is 1. The van der Waals surface area contributed by atoms with Crippen molar-refractivity contribution in [2.24, 2.45) is 0 Å². The van der Waals surface area contributed by atoms with Gasteiger partial charge in [-0.15, -0.1) is 11.3 Å². The summed E-state index contributed by atoms with van der Waals surface area (Å²) in [5.74, 6) is -0.320. The van der Waals surface area contributed by atoms with Crippen LogP contribution < -0.4 is 5.32 Å². The first-order valence-corrected chi connectivity index (χ1v) is 8.37. The van der Waals surface area contributed by atoms with E-state index >= 15 is 0 Å². The largest absolute Gasteiger partial charge is 0.448 e. The summed E-state index contributed by atoms with van der Waals surface area (Å²) in [5, 5.41) is 8.48. The molecule has 2 heterocycles. The summed E-state index contributed by atoms with van der Waals surface area (Å²) in [6.07, 6.45) is -0.994. The maximum Gasteiger partial charge on any atom is 0.358 e. The molecule has 3 rings (SSSR count). The molecule has 0 unspecified atom stereocenters. The molecule has 0 aliphatic carbocycles. The highest BCUT2D eigenvalue weighted by atomic mass is 32.1. The van der Waals surface area contributed by atoms with Gasteiger partial charge in [-0.05, 0) is 13.8 Å². The summed E-state index contributed by atoms with van der Waals surface area (Å²) < 4.78 is 10.0. The van der Waals surface area contributed by atoms with Crippen molar-refractivity contribution in [2.45, 2.75) is 20.0 Å². The second-order valence-electron chi connectivity index (χ2n) is 5.26. The Kier molecular flexibility index (Phi) is 4.90. The number of rotatable bonds is 5. The number of esters is 1. The fourth-order valence-corrected chi connectivity index (χ4v) is 2.80. The Morgan fingerprint density at radius 2 is 2.04 bits per heavy atom. The minimum Gasteiger partial charge on any atom is -0.448 e. The number of aromatic nitrogens is 2. The molecule has 8 heteroatoms. The van der Waals surface area contributed by atoms with Crippen LogP contribution in [0.4, 0.5) is 5.82 Å². The molecule has 0 aliphatic heterocycles. The molecule has 1 N–H and O–H groups in total. The molecular formula is C17H15N3O4S. The van der Waals surface area contributed by atoms with Crippen LogP contribution in [0.5, 0.6) is 0 Å². The van der Waals surface area contributed by atoms with Crippen LogP contribution in [0, 0.1) is 6.92 Å². The zero-order chi connectivity index (χ0) is 17.8. The van der Waals surface area contributed by atoms with E-state index in [1.165, 1.54) is 18.3 Å². The number of hydrogen-bond donors (Lipinski definition) is 1. The molecule has 0 fully saturated rings. The minimum atomic E-state index is -0.994. The molecule has 1 aromatic carbocycles. The van der Waals surface area contributed by atoms with Crippen LogP contribution in [0.15, 0.2) is 46.3 Å². The summed E-state index contributed by atoms with van der Waals surface area (Å²) in [6.45, 7) is 3.18. The molecule has 0 saturated carbocycles. The van der Waals surface area contributed by atoms with Crippen LogP contribution in [0.2, 0.25) is 0 Å². The van der Waals surface area contributed by atoms with Crippen molar-refractivity contribution < 1.29 is 18.8 Å². The molecule has 1 amide bonds. The lowest BCUT2D eigenvalue weighted by Gasteiger charge is -2.11. The maximum absolute atomic E-state index is 12.2. The number of carbonyl (C=O) groups is 2. The number of nitrogens with one attached hydrogen (secondary N) is 1. The van der Waals surface area contributed by atoms with Crippen LogP contribution in [-0.4, -0.2) is 28.1 Å². The Morgan fingerprint density at radius 1 is 1.28 bits per heavy atom. The van der Waals surface area contributed by atoms with Gasteiger partial charge in [-0.1, -0.05) is 35.5 Å². The van der Waals surface area contributed by atoms with Gasteiger partial charge in [0.1, 0.15) is 10.8 Å². The summed E-state index contributed by atoms with van der Waals surface area (Å²) in [7, 11) is 0. The second-order valence-corrected chi connectivity index (χ2v) is 6.12. The summed E-state index contributed by atoms with van der Waals surface area (Å²) in [6, 6.07) is 11.1. The van der Waals surface area contributed by atoms with Crippen LogP contribution in [-0.2, 0) is 9.53 Å². The van der Waals surface area contributed by atoms with E-state index in [2.05, 4.69) is 15.5 Å². The lowest BCUT2D eigenvalue weighted by atomic mass is 10.2. The van der Waals surface area contributed by atoms with E-state index in [-0.39, 0.29) is 11.5 Å². The fourth-order valence-electron chi connectivity index (χ4n) is 2.01. The fraction of sp³-hybridized carbons (Fsp3) is 0.176. The van der Waals surface area contributed by atoms with E-state index in [9.17, 15) is 9.59 Å². The van der Waals surface area contributed by atoms with Gasteiger partial charge < -0.3 is 14.6 Å². The SMILES string of the molecule is Cc1cc(NC(=O)[C@H](C)OC(=O)c2csc(-c3ccccc3)n2)no1. The van der Waals surface area contributed by atoms with Gasteiger partial charge in [-0.2, -0.15) is 0 Å². The lowest BCUT2D eigenvalue weighted by Crippen LogP contribution is -2.30. The van der Waals surface area contributed by atoms with E-state index in [1.54, 1.807) is 18.4 Å². The molecule has 0 bridgehead atoms.